The minimum Gasteiger partial charge on any atom is -0.459 e. The van der Waals surface area contributed by atoms with Gasteiger partial charge in [0.15, 0.2) is 17.4 Å². The van der Waals surface area contributed by atoms with Crippen LogP contribution in [0.5, 0.6) is 0 Å². The second kappa shape index (κ2) is 8.37. The number of hydrogen-bond acceptors (Lipinski definition) is 7. The molecular formula is C25H31NO7Si. The Kier molecular flexibility index (Phi) is 5.96. The van der Waals surface area contributed by atoms with Crippen LogP contribution in [-0.2, 0) is 35.1 Å². The summed E-state index contributed by atoms with van der Waals surface area (Å²) < 4.78 is 17.6. The highest BCUT2D eigenvalue weighted by molar-refractivity contribution is 6.87. The summed E-state index contributed by atoms with van der Waals surface area (Å²) >= 11 is 0. The Morgan fingerprint density at radius 2 is 1.71 bits per heavy atom. The first-order valence-electron chi connectivity index (χ1n) is 11.5. The largest absolute Gasteiger partial charge is 0.459 e. The summed E-state index contributed by atoms with van der Waals surface area (Å²) in [5.41, 5.74) is 0.244. The minimum atomic E-state index is -2.18. The molecule has 0 bridgehead atoms. The van der Waals surface area contributed by atoms with Crippen LogP contribution < -0.4 is 0 Å². The van der Waals surface area contributed by atoms with Gasteiger partial charge in [-0.3, -0.25) is 19.3 Å². The van der Waals surface area contributed by atoms with E-state index in [-0.39, 0.29) is 18.7 Å². The molecule has 2 fully saturated rings. The van der Waals surface area contributed by atoms with Crippen molar-refractivity contribution in [2.24, 2.45) is 5.92 Å². The fourth-order valence-corrected chi connectivity index (χ4v) is 8.12. The molecule has 34 heavy (non-hydrogen) atoms. The molecule has 0 radical (unpaired) electrons. The van der Waals surface area contributed by atoms with Gasteiger partial charge in [-0.2, -0.15) is 0 Å². The summed E-state index contributed by atoms with van der Waals surface area (Å²) in [7, 11) is -2.18. The second-order valence-electron chi connectivity index (χ2n) is 10.3. The molecule has 1 saturated heterocycles. The van der Waals surface area contributed by atoms with Crippen LogP contribution >= 0.6 is 0 Å². The number of carbonyl (C=O) groups excluding carboxylic acids is 4. The van der Waals surface area contributed by atoms with Gasteiger partial charge in [-0.25, -0.2) is 4.79 Å². The number of carbonyl (C=O) groups is 4. The van der Waals surface area contributed by atoms with Crippen molar-refractivity contribution in [1.82, 2.24) is 4.90 Å². The van der Waals surface area contributed by atoms with E-state index in [1.54, 1.807) is 6.92 Å². The number of ether oxygens (including phenoxy) is 3. The number of ketones is 1. The third kappa shape index (κ3) is 3.66. The van der Waals surface area contributed by atoms with E-state index in [1.807, 2.05) is 30.3 Å². The van der Waals surface area contributed by atoms with Gasteiger partial charge < -0.3 is 14.2 Å². The molecule has 1 saturated carbocycles. The molecule has 3 aliphatic rings. The maximum atomic E-state index is 13.2. The van der Waals surface area contributed by atoms with Crippen LogP contribution in [0.15, 0.2) is 41.1 Å². The van der Waals surface area contributed by atoms with E-state index in [9.17, 15) is 19.2 Å². The zero-order chi connectivity index (χ0) is 25.0. The number of allylic oxidation sites excluding steroid dienone is 1. The highest BCUT2D eigenvalue weighted by Gasteiger charge is 2.74. The van der Waals surface area contributed by atoms with Crippen molar-refractivity contribution in [3.8, 4) is 0 Å². The summed E-state index contributed by atoms with van der Waals surface area (Å²) in [6.07, 6.45) is -3.04. The zero-order valence-electron chi connectivity index (χ0n) is 20.4. The van der Waals surface area contributed by atoms with Crippen LogP contribution in [0.25, 0.3) is 0 Å². The molecule has 9 heteroatoms. The number of cyclic esters (lactones) is 1. The topological polar surface area (TPSA) is 99.2 Å². The van der Waals surface area contributed by atoms with Crippen molar-refractivity contribution >= 4 is 31.9 Å². The van der Waals surface area contributed by atoms with Crippen molar-refractivity contribution < 1.29 is 33.4 Å². The Balaban J connectivity index is 1.98. The first-order valence-corrected chi connectivity index (χ1v) is 15.0. The minimum absolute atomic E-state index is 0.00387. The van der Waals surface area contributed by atoms with Crippen LogP contribution in [0.2, 0.25) is 19.6 Å². The number of fused-ring (bicyclic) bond motifs is 1. The highest BCUT2D eigenvalue weighted by atomic mass is 28.3. The average Bonchev–Trinajstić information content (AvgIpc) is 3.27. The zero-order valence-corrected chi connectivity index (χ0v) is 21.4. The quantitative estimate of drug-likeness (QED) is 0.358. The van der Waals surface area contributed by atoms with Gasteiger partial charge >= 0.3 is 18.0 Å². The van der Waals surface area contributed by atoms with E-state index in [0.717, 1.165) is 5.56 Å². The summed E-state index contributed by atoms with van der Waals surface area (Å²) in [4.78, 5) is 52.6. The Morgan fingerprint density at radius 1 is 1.09 bits per heavy atom. The van der Waals surface area contributed by atoms with Crippen LogP contribution in [0, 0.1) is 5.92 Å². The molecule has 182 valence electrons. The van der Waals surface area contributed by atoms with Crippen LogP contribution in [0.4, 0.5) is 4.79 Å². The summed E-state index contributed by atoms with van der Waals surface area (Å²) in [6.45, 7) is 10.7. The summed E-state index contributed by atoms with van der Waals surface area (Å²) in [6, 6.07) is 9.39. The van der Waals surface area contributed by atoms with Gasteiger partial charge in [0.05, 0.1) is 14.6 Å². The van der Waals surface area contributed by atoms with Crippen LogP contribution in [0.1, 0.15) is 32.8 Å². The average molecular weight is 486 g/mol. The highest BCUT2D eigenvalue weighted by Crippen LogP contribution is 2.57. The van der Waals surface area contributed by atoms with Crippen LogP contribution in [0.3, 0.4) is 0 Å². The standard InChI is InChI=1S/C25H31NO7Si/c1-14-25(26(24(30)31-14)13-17-10-8-7-9-11-17)22(32-15(2)27)18-12-19(29)21(34(4,5)6)20(18)23(25)33-16(3)28/h7-11,14,18,22-23H,12-13H2,1-6H3/t14-,18+,22?,23+,25-/m0/s1. The third-order valence-electron chi connectivity index (χ3n) is 7.02. The van der Waals surface area contributed by atoms with E-state index >= 15 is 0 Å². The van der Waals surface area contributed by atoms with Gasteiger partial charge in [0.2, 0.25) is 0 Å². The number of hydrogen-bond donors (Lipinski definition) is 0. The number of esters is 2. The van der Waals surface area contributed by atoms with Crippen molar-refractivity contribution in [3.05, 3.63) is 46.7 Å². The lowest BCUT2D eigenvalue weighted by Gasteiger charge is -2.43. The van der Waals surface area contributed by atoms with Crippen molar-refractivity contribution in [3.63, 3.8) is 0 Å². The number of amides is 1. The molecule has 1 amide bonds. The predicted octanol–water partition coefficient (Wildman–Crippen LogP) is 3.41. The summed E-state index contributed by atoms with van der Waals surface area (Å²) in [5, 5.41) is 0.698. The molecule has 0 aromatic heterocycles. The molecule has 1 spiro atoms. The Labute approximate surface area is 200 Å². The second-order valence-corrected chi connectivity index (χ2v) is 15.3. The Bertz CT molecular complexity index is 1080. The van der Waals surface area contributed by atoms with Gasteiger partial charge in [0.25, 0.3) is 0 Å². The maximum absolute atomic E-state index is 13.2. The van der Waals surface area contributed by atoms with E-state index < -0.39 is 55.9 Å². The molecule has 1 aliphatic heterocycles. The van der Waals surface area contributed by atoms with Crippen molar-refractivity contribution in [1.29, 1.82) is 0 Å². The first-order chi connectivity index (χ1) is 15.9. The summed E-state index contributed by atoms with van der Waals surface area (Å²) in [5.74, 6) is -1.57. The van der Waals surface area contributed by atoms with Gasteiger partial charge in [-0.15, -0.1) is 0 Å². The molecule has 2 aliphatic carbocycles. The SMILES string of the molecule is CC(=O)OC1[C@@H]2CC(=O)C([Si](C)(C)C)=C2[C@@H](OC(C)=O)[C@]12[C@H](C)OC(=O)N2Cc1ccccc1. The molecule has 1 heterocycles. The smallest absolute Gasteiger partial charge is 0.411 e. The lowest BCUT2D eigenvalue weighted by Crippen LogP contribution is -2.64. The molecule has 4 rings (SSSR count). The molecule has 1 aromatic carbocycles. The van der Waals surface area contributed by atoms with Crippen LogP contribution in [-0.4, -0.2) is 60.6 Å². The molecule has 8 nitrogen and oxygen atoms in total. The van der Waals surface area contributed by atoms with E-state index in [2.05, 4.69) is 19.6 Å². The fourth-order valence-electron chi connectivity index (χ4n) is 6.00. The monoisotopic (exact) mass is 485 g/mol. The molecule has 5 atom stereocenters. The van der Waals surface area contributed by atoms with Crippen molar-refractivity contribution in [2.75, 3.05) is 0 Å². The van der Waals surface area contributed by atoms with Gasteiger partial charge in [-0.05, 0) is 23.3 Å². The molecular weight excluding hydrogens is 454 g/mol. The van der Waals surface area contributed by atoms with Gasteiger partial charge in [0, 0.05) is 26.2 Å². The predicted molar refractivity (Wildman–Crippen MR) is 125 cm³/mol. The molecule has 1 unspecified atom stereocenters. The number of rotatable bonds is 5. The first kappa shape index (κ1) is 24.2. The Morgan fingerprint density at radius 3 is 2.26 bits per heavy atom. The van der Waals surface area contributed by atoms with E-state index in [1.165, 1.54) is 18.7 Å². The fraction of sp³-hybridized carbons (Fsp3) is 0.520. The van der Waals surface area contributed by atoms with Crippen molar-refractivity contribution in [2.45, 2.75) is 77.2 Å². The number of nitrogens with zero attached hydrogens (tertiary/aromatic N) is 1. The number of Topliss-reactive ketones (excluding diaryl/α,β-unsaturated/α-hetero) is 1. The third-order valence-corrected chi connectivity index (χ3v) is 9.09. The normalized spacial score (nSPS) is 30.6. The van der Waals surface area contributed by atoms with E-state index in [4.69, 9.17) is 14.2 Å². The molecule has 1 aromatic rings. The lowest BCUT2D eigenvalue weighted by molar-refractivity contribution is -0.167. The van der Waals surface area contributed by atoms with E-state index in [0.29, 0.717) is 10.8 Å². The molecule has 0 N–H and O–H groups in total. The number of benzene rings is 1. The Hall–Kier alpha value is -2.94. The van der Waals surface area contributed by atoms with Gasteiger partial charge in [0.1, 0.15) is 12.2 Å². The van der Waals surface area contributed by atoms with Gasteiger partial charge in [-0.1, -0.05) is 50.0 Å². The maximum Gasteiger partial charge on any atom is 0.411 e. The lowest BCUT2D eigenvalue weighted by atomic mass is 9.83.